The highest BCUT2D eigenvalue weighted by Gasteiger charge is 2.71. The second-order valence-electron chi connectivity index (χ2n) is 8.17. The summed E-state index contributed by atoms with van der Waals surface area (Å²) in [5.41, 5.74) is 1.06. The maximum atomic E-state index is 9.42. The van der Waals surface area contributed by atoms with Crippen LogP contribution in [0.5, 0.6) is 0 Å². The third-order valence-electron chi connectivity index (χ3n) is 7.54. The lowest BCUT2D eigenvalue weighted by molar-refractivity contribution is -0.120. The first-order chi connectivity index (χ1) is 9.30. The average molecular weight is 278 g/mol. The van der Waals surface area contributed by atoms with Gasteiger partial charge in [0.25, 0.3) is 0 Å². The molecule has 0 heterocycles. The predicted molar refractivity (Wildman–Crippen MR) is 81.1 cm³/mol. The van der Waals surface area contributed by atoms with Gasteiger partial charge in [-0.25, -0.2) is 0 Å². The van der Waals surface area contributed by atoms with Crippen LogP contribution in [0.25, 0.3) is 0 Å². The Hall–Kier alpha value is -0.500. The molecule has 0 saturated heterocycles. The fraction of sp³-hybridized carbons (Fsp3) is 0.889. The number of ether oxygens (including phenoxy) is 1. The van der Waals surface area contributed by atoms with Crippen LogP contribution in [0.4, 0.5) is 0 Å². The molecule has 3 aliphatic rings. The van der Waals surface area contributed by atoms with E-state index in [1.165, 1.54) is 19.3 Å². The van der Waals surface area contributed by atoms with Crippen LogP contribution in [0.3, 0.4) is 0 Å². The van der Waals surface area contributed by atoms with Crippen molar-refractivity contribution in [1.82, 2.24) is 0 Å². The molecule has 0 aromatic carbocycles. The van der Waals surface area contributed by atoms with Gasteiger partial charge in [-0.05, 0) is 67.1 Å². The molecule has 3 saturated carbocycles. The lowest BCUT2D eigenvalue weighted by atomic mass is 9.44. The van der Waals surface area contributed by atoms with Crippen molar-refractivity contribution in [1.29, 1.82) is 0 Å². The van der Waals surface area contributed by atoms with Crippen LogP contribution in [-0.4, -0.2) is 17.8 Å². The Bertz CT molecular complexity index is 412. The molecule has 6 atom stereocenters. The van der Waals surface area contributed by atoms with E-state index < -0.39 is 6.10 Å². The first-order valence-electron chi connectivity index (χ1n) is 8.29. The van der Waals surface area contributed by atoms with Gasteiger partial charge in [0.1, 0.15) is 11.9 Å². The SMILES string of the molecule is C=C(OCCC1C2CCC3CC1C3(C)C2(C)C)C(C)O. The van der Waals surface area contributed by atoms with E-state index in [-0.39, 0.29) is 0 Å². The molecule has 2 nitrogen and oxygen atoms in total. The van der Waals surface area contributed by atoms with E-state index in [4.69, 9.17) is 4.74 Å². The largest absolute Gasteiger partial charge is 0.496 e. The van der Waals surface area contributed by atoms with Gasteiger partial charge in [-0.1, -0.05) is 27.4 Å². The summed E-state index contributed by atoms with van der Waals surface area (Å²) in [5.74, 6) is 4.06. The Morgan fingerprint density at radius 2 is 2.00 bits per heavy atom. The number of hydrogen-bond acceptors (Lipinski definition) is 2. The lowest BCUT2D eigenvalue weighted by Crippen LogP contribution is -2.54. The third-order valence-corrected chi connectivity index (χ3v) is 7.54. The zero-order valence-corrected chi connectivity index (χ0v) is 13.5. The minimum Gasteiger partial charge on any atom is -0.496 e. The Morgan fingerprint density at radius 3 is 2.60 bits per heavy atom. The summed E-state index contributed by atoms with van der Waals surface area (Å²) < 4.78 is 5.64. The van der Waals surface area contributed by atoms with Crippen molar-refractivity contribution in [2.24, 2.45) is 34.5 Å². The summed E-state index contributed by atoms with van der Waals surface area (Å²) in [7, 11) is 0. The van der Waals surface area contributed by atoms with Crippen molar-refractivity contribution in [3.05, 3.63) is 12.3 Å². The second-order valence-corrected chi connectivity index (χ2v) is 8.17. The van der Waals surface area contributed by atoms with Gasteiger partial charge < -0.3 is 9.84 Å². The van der Waals surface area contributed by atoms with E-state index in [1.807, 2.05) is 0 Å². The number of aliphatic hydroxyl groups is 1. The zero-order chi connectivity index (χ0) is 14.7. The van der Waals surface area contributed by atoms with Gasteiger partial charge in [-0.2, -0.15) is 0 Å². The fourth-order valence-corrected chi connectivity index (χ4v) is 6.00. The maximum absolute atomic E-state index is 9.42. The van der Waals surface area contributed by atoms with Crippen molar-refractivity contribution in [3.63, 3.8) is 0 Å². The Labute approximate surface area is 123 Å². The van der Waals surface area contributed by atoms with E-state index in [0.717, 1.165) is 36.7 Å². The molecule has 2 bridgehead atoms. The summed E-state index contributed by atoms with van der Waals surface area (Å²) in [4.78, 5) is 0. The average Bonchev–Trinajstić information content (AvgIpc) is 2.59. The summed E-state index contributed by atoms with van der Waals surface area (Å²) >= 11 is 0. The van der Waals surface area contributed by atoms with E-state index in [9.17, 15) is 5.11 Å². The molecule has 1 N–H and O–H groups in total. The molecule has 114 valence electrons. The summed E-state index contributed by atoms with van der Waals surface area (Å²) in [5, 5.41) is 9.42. The van der Waals surface area contributed by atoms with Crippen LogP contribution >= 0.6 is 0 Å². The standard InChI is InChI=1S/C18H30O2/c1-11(19)12(2)20-9-8-14-15-7-6-13-10-16(14)18(13,5)17(15,3)4/h11,13-16,19H,2,6-10H2,1,3-5H3. The molecule has 0 aliphatic heterocycles. The fourth-order valence-electron chi connectivity index (χ4n) is 6.00. The van der Waals surface area contributed by atoms with Crippen molar-refractivity contribution < 1.29 is 9.84 Å². The number of hydrogen-bond donors (Lipinski definition) is 1. The van der Waals surface area contributed by atoms with Crippen LogP contribution in [-0.2, 0) is 4.74 Å². The van der Waals surface area contributed by atoms with Gasteiger partial charge in [0, 0.05) is 0 Å². The van der Waals surface area contributed by atoms with E-state index in [0.29, 0.717) is 16.6 Å². The van der Waals surface area contributed by atoms with Crippen molar-refractivity contribution >= 4 is 0 Å². The number of aliphatic hydroxyl groups excluding tert-OH is 1. The molecule has 0 aromatic rings. The summed E-state index contributed by atoms with van der Waals surface area (Å²) in [6.45, 7) is 13.8. The summed E-state index contributed by atoms with van der Waals surface area (Å²) in [6, 6.07) is 0. The molecule has 0 aromatic heterocycles. The van der Waals surface area contributed by atoms with Gasteiger partial charge in [0.2, 0.25) is 0 Å². The van der Waals surface area contributed by atoms with Crippen LogP contribution in [0.15, 0.2) is 12.3 Å². The molecule has 0 radical (unpaired) electrons. The van der Waals surface area contributed by atoms with Crippen LogP contribution in [0.1, 0.15) is 53.4 Å². The van der Waals surface area contributed by atoms with Gasteiger partial charge in [0.05, 0.1) is 6.61 Å². The topological polar surface area (TPSA) is 29.5 Å². The van der Waals surface area contributed by atoms with E-state index in [2.05, 4.69) is 27.4 Å². The molecule has 2 heteroatoms. The molecule has 3 fully saturated rings. The molecular weight excluding hydrogens is 248 g/mol. The third kappa shape index (κ3) is 1.66. The minimum absolute atomic E-state index is 0.491. The van der Waals surface area contributed by atoms with Crippen LogP contribution < -0.4 is 0 Å². The number of rotatable bonds is 5. The first-order valence-corrected chi connectivity index (χ1v) is 8.29. The molecule has 0 spiro atoms. The quantitative estimate of drug-likeness (QED) is 0.770. The molecule has 3 rings (SSSR count). The van der Waals surface area contributed by atoms with Crippen molar-refractivity contribution in [3.8, 4) is 0 Å². The molecular formula is C18H30O2. The Morgan fingerprint density at radius 1 is 1.30 bits per heavy atom. The first kappa shape index (κ1) is 14.4. The van der Waals surface area contributed by atoms with Crippen molar-refractivity contribution in [2.45, 2.75) is 59.5 Å². The zero-order valence-electron chi connectivity index (χ0n) is 13.5. The lowest BCUT2D eigenvalue weighted by Gasteiger charge is -2.60. The molecule has 20 heavy (non-hydrogen) atoms. The van der Waals surface area contributed by atoms with E-state index >= 15 is 0 Å². The van der Waals surface area contributed by atoms with Gasteiger partial charge >= 0.3 is 0 Å². The van der Waals surface area contributed by atoms with Crippen molar-refractivity contribution in [2.75, 3.05) is 6.61 Å². The Kier molecular flexibility index (Phi) is 3.25. The normalized spacial score (nSPS) is 45.6. The predicted octanol–water partition coefficient (Wildman–Crippen LogP) is 4.00. The van der Waals surface area contributed by atoms with Gasteiger partial charge in [-0.3, -0.25) is 0 Å². The summed E-state index contributed by atoms with van der Waals surface area (Å²) in [6.07, 6.45) is 4.87. The van der Waals surface area contributed by atoms with Crippen LogP contribution in [0, 0.1) is 34.5 Å². The number of fused-ring (bicyclic) bond motifs is 1. The van der Waals surface area contributed by atoms with Gasteiger partial charge in [-0.15, -0.1) is 0 Å². The smallest absolute Gasteiger partial charge is 0.117 e. The highest BCUT2D eigenvalue weighted by atomic mass is 16.5. The molecule has 6 unspecified atom stereocenters. The second kappa shape index (κ2) is 4.50. The highest BCUT2D eigenvalue weighted by molar-refractivity contribution is 5.19. The minimum atomic E-state index is -0.556. The van der Waals surface area contributed by atoms with Crippen LogP contribution in [0.2, 0.25) is 0 Å². The maximum Gasteiger partial charge on any atom is 0.117 e. The monoisotopic (exact) mass is 278 g/mol. The highest BCUT2D eigenvalue weighted by Crippen LogP contribution is 2.78. The molecule has 0 amide bonds. The van der Waals surface area contributed by atoms with E-state index in [1.54, 1.807) is 6.92 Å². The molecule has 3 aliphatic carbocycles. The van der Waals surface area contributed by atoms with Gasteiger partial charge in [0.15, 0.2) is 0 Å². The Balaban J connectivity index is 1.66.